The maximum Gasteiger partial charge on any atom is 0.184 e. The first-order valence-electron chi connectivity index (χ1n) is 1.94. The van der Waals surface area contributed by atoms with Crippen molar-refractivity contribution in [1.29, 1.82) is 0 Å². The average Bonchev–Trinajstić information content (AvgIpc) is 2.14. The van der Waals surface area contributed by atoms with Crippen molar-refractivity contribution in [2.24, 2.45) is 0 Å². The van der Waals surface area contributed by atoms with E-state index in [2.05, 4.69) is 11.0 Å². The van der Waals surface area contributed by atoms with Gasteiger partial charge in [-0.1, -0.05) is 0 Å². The van der Waals surface area contributed by atoms with Gasteiger partial charge in [-0.05, 0) is 0 Å². The molecule has 1 aliphatic heterocycles. The molecule has 0 saturated carbocycles. The molecule has 0 amide bonds. The Kier molecular flexibility index (Phi) is 1.17. The Morgan fingerprint density at radius 2 is 2.86 bits per heavy atom. The molecule has 7 heavy (non-hydrogen) atoms. The topological polar surface area (TPSA) is 21.7 Å². The highest BCUT2D eigenvalue weighted by atomic mass is 16.7. The summed E-state index contributed by atoms with van der Waals surface area (Å²) in [4.78, 5) is 4.68. The van der Waals surface area contributed by atoms with Crippen molar-refractivity contribution in [2.45, 2.75) is 0 Å². The van der Waals surface area contributed by atoms with Crippen LogP contribution in [0.4, 0.5) is 0 Å². The van der Waals surface area contributed by atoms with Gasteiger partial charge in [-0.15, -0.1) is 0 Å². The first kappa shape index (κ1) is 4.46. The summed E-state index contributed by atoms with van der Waals surface area (Å²) in [6, 6.07) is 0. The van der Waals surface area contributed by atoms with Crippen LogP contribution in [0, 0.1) is 6.20 Å². The average molecular weight is 100 g/mol. The van der Waals surface area contributed by atoms with Crippen LogP contribution in [-0.4, -0.2) is 18.9 Å². The van der Waals surface area contributed by atoms with Crippen LogP contribution in [0.3, 0.4) is 0 Å². The largest absolute Gasteiger partial charge is 0.476 e. The van der Waals surface area contributed by atoms with Crippen LogP contribution in [0.5, 0.6) is 0 Å². The lowest BCUT2D eigenvalue weighted by atomic mass is 11.0. The second-order valence-corrected chi connectivity index (χ2v) is 1.10. The van der Waals surface area contributed by atoms with Gasteiger partial charge in [0, 0.05) is 0 Å². The fourth-order valence-corrected chi connectivity index (χ4v) is 0.344. The van der Waals surface area contributed by atoms with E-state index in [0.717, 1.165) is 0 Å². The predicted molar refractivity (Wildman–Crippen MR) is 22.6 cm³/mol. The molecule has 0 N–H and O–H groups in total. The number of hydrogen-bond donors (Lipinski definition) is 0. The van der Waals surface area contributed by atoms with E-state index in [1.54, 1.807) is 7.11 Å². The van der Waals surface area contributed by atoms with E-state index in [0.29, 0.717) is 6.73 Å². The number of hydroxylamine groups is 2. The zero-order valence-electron chi connectivity index (χ0n) is 4.05. The quantitative estimate of drug-likeness (QED) is 0.467. The van der Waals surface area contributed by atoms with E-state index in [4.69, 9.17) is 4.74 Å². The van der Waals surface area contributed by atoms with E-state index in [1.807, 2.05) is 0 Å². The lowest BCUT2D eigenvalue weighted by Gasteiger charge is -2.06. The Balaban J connectivity index is 2.28. The highest BCUT2D eigenvalue weighted by Crippen LogP contribution is 1.96. The minimum Gasteiger partial charge on any atom is -0.476 e. The molecule has 0 bridgehead atoms. The number of nitrogens with zero attached hydrogens (tertiary/aromatic N) is 1. The summed E-state index contributed by atoms with van der Waals surface area (Å²) in [6.45, 7) is 0.455. The van der Waals surface area contributed by atoms with Crippen LogP contribution in [0.15, 0.2) is 6.26 Å². The van der Waals surface area contributed by atoms with Gasteiger partial charge in [0.1, 0.15) is 12.5 Å². The molecule has 0 fully saturated rings. The molecule has 1 heterocycles. The molecule has 3 nitrogen and oxygen atoms in total. The van der Waals surface area contributed by atoms with Crippen LogP contribution in [0.1, 0.15) is 0 Å². The molecule has 0 aromatic rings. The Bertz CT molecular complexity index is 81.8. The third-order valence-corrected chi connectivity index (χ3v) is 0.692. The number of hydrogen-bond acceptors (Lipinski definition) is 3. The van der Waals surface area contributed by atoms with Crippen LogP contribution >= 0.6 is 0 Å². The Hall–Kier alpha value is -0.700. The maximum atomic E-state index is 4.71. The summed E-state index contributed by atoms with van der Waals surface area (Å²) in [7, 11) is 1.56. The minimum absolute atomic E-state index is 0.455. The molecule has 0 aromatic heterocycles. The third kappa shape index (κ3) is 0.838. The molecule has 0 aliphatic carbocycles. The Morgan fingerprint density at radius 1 is 2.00 bits per heavy atom. The van der Waals surface area contributed by atoms with E-state index in [9.17, 15) is 0 Å². The van der Waals surface area contributed by atoms with Gasteiger partial charge < -0.3 is 4.74 Å². The van der Waals surface area contributed by atoms with Gasteiger partial charge in [0.05, 0.1) is 7.11 Å². The molecule has 0 unspecified atom stereocenters. The molecule has 0 atom stereocenters. The summed E-state index contributed by atoms with van der Waals surface area (Å²) in [6.07, 6.45) is 4.13. The summed E-state index contributed by atoms with van der Waals surface area (Å²) >= 11 is 0. The summed E-state index contributed by atoms with van der Waals surface area (Å²) in [5.41, 5.74) is 0. The molecule has 1 rings (SSSR count). The van der Waals surface area contributed by atoms with Crippen molar-refractivity contribution in [3.05, 3.63) is 12.5 Å². The number of ether oxygens (including phenoxy) is 1. The molecular formula is C4H6NO2. The fraction of sp³-hybridized carbons (Fsp3) is 0.500. The van der Waals surface area contributed by atoms with Gasteiger partial charge in [0.25, 0.3) is 0 Å². The molecular weight excluding hydrogens is 94.0 g/mol. The zero-order valence-corrected chi connectivity index (χ0v) is 4.05. The molecule has 39 valence electrons. The van der Waals surface area contributed by atoms with Gasteiger partial charge in [0.15, 0.2) is 6.73 Å². The van der Waals surface area contributed by atoms with Gasteiger partial charge in [0.2, 0.25) is 0 Å². The summed E-state index contributed by atoms with van der Waals surface area (Å²) in [5.74, 6) is 0. The van der Waals surface area contributed by atoms with Crippen molar-refractivity contribution >= 4 is 0 Å². The number of rotatable bonds is 1. The maximum absolute atomic E-state index is 4.71. The van der Waals surface area contributed by atoms with Crippen LogP contribution in [-0.2, 0) is 9.57 Å². The van der Waals surface area contributed by atoms with Crippen LogP contribution < -0.4 is 0 Å². The third-order valence-electron chi connectivity index (χ3n) is 0.692. The first-order chi connectivity index (χ1) is 3.43. The van der Waals surface area contributed by atoms with Gasteiger partial charge in [-0.3, -0.25) is 4.84 Å². The van der Waals surface area contributed by atoms with Crippen molar-refractivity contribution in [1.82, 2.24) is 5.06 Å². The Morgan fingerprint density at radius 3 is 3.14 bits per heavy atom. The van der Waals surface area contributed by atoms with Gasteiger partial charge in [-0.25, -0.2) is 5.06 Å². The van der Waals surface area contributed by atoms with E-state index < -0.39 is 0 Å². The lowest BCUT2D eigenvalue weighted by Crippen LogP contribution is -2.12. The normalized spacial score (nSPS) is 17.6. The smallest absolute Gasteiger partial charge is 0.184 e. The van der Waals surface area contributed by atoms with Crippen molar-refractivity contribution < 1.29 is 9.57 Å². The van der Waals surface area contributed by atoms with Crippen molar-refractivity contribution in [3.8, 4) is 0 Å². The highest BCUT2D eigenvalue weighted by molar-refractivity contribution is 4.63. The lowest BCUT2D eigenvalue weighted by molar-refractivity contribution is -0.123. The van der Waals surface area contributed by atoms with Gasteiger partial charge in [-0.2, -0.15) is 0 Å². The first-order valence-corrected chi connectivity index (χ1v) is 1.94. The van der Waals surface area contributed by atoms with E-state index >= 15 is 0 Å². The van der Waals surface area contributed by atoms with Crippen molar-refractivity contribution in [2.75, 3.05) is 13.8 Å². The van der Waals surface area contributed by atoms with Crippen LogP contribution in [0.2, 0.25) is 0 Å². The summed E-state index contributed by atoms with van der Waals surface area (Å²) < 4.78 is 4.71. The van der Waals surface area contributed by atoms with Crippen LogP contribution in [0.25, 0.3) is 0 Å². The summed E-state index contributed by atoms with van der Waals surface area (Å²) in [5, 5.41) is 1.46. The second kappa shape index (κ2) is 1.84. The second-order valence-electron chi connectivity index (χ2n) is 1.10. The van der Waals surface area contributed by atoms with Crippen molar-refractivity contribution in [3.63, 3.8) is 0 Å². The van der Waals surface area contributed by atoms with Gasteiger partial charge >= 0.3 is 0 Å². The molecule has 1 radical (unpaired) electrons. The standard InChI is InChI=1S/C4H6NO2/c1-6-5-2-3-7-4-5/h3H,4H2,1H3. The molecule has 0 aromatic carbocycles. The van der Waals surface area contributed by atoms with E-state index in [1.165, 1.54) is 11.3 Å². The zero-order chi connectivity index (χ0) is 5.11. The Labute approximate surface area is 42.1 Å². The highest BCUT2D eigenvalue weighted by Gasteiger charge is 2.00. The minimum atomic E-state index is 0.455. The van der Waals surface area contributed by atoms with E-state index in [-0.39, 0.29) is 0 Å². The fourth-order valence-electron chi connectivity index (χ4n) is 0.344. The molecule has 3 heteroatoms. The molecule has 0 saturated heterocycles. The SMILES string of the molecule is CON1[C]=COC1. The predicted octanol–water partition coefficient (Wildman–Crippen LogP) is 0.112. The molecule has 1 aliphatic rings. The monoisotopic (exact) mass is 100 g/mol. The molecule has 0 spiro atoms.